The number of hydrogen-bond donors (Lipinski definition) is 0. The van der Waals surface area contributed by atoms with E-state index in [-0.39, 0.29) is 0 Å². The van der Waals surface area contributed by atoms with E-state index in [9.17, 15) is 4.79 Å². The lowest BCUT2D eigenvalue weighted by atomic mass is 10.1. The molecule has 0 fully saturated rings. The van der Waals surface area contributed by atoms with Gasteiger partial charge in [0.2, 0.25) is 5.82 Å². The summed E-state index contributed by atoms with van der Waals surface area (Å²) in [5.41, 5.74) is 2.97. The first-order valence-electron chi connectivity index (χ1n) is 7.62. The van der Waals surface area contributed by atoms with E-state index in [1.54, 1.807) is 41.3 Å². The van der Waals surface area contributed by atoms with E-state index in [0.29, 0.717) is 17.3 Å². The molecule has 0 aliphatic heterocycles. The largest absolute Gasteiger partial charge is 0.333 e. The van der Waals surface area contributed by atoms with Gasteiger partial charge in [0.05, 0.1) is 17.5 Å². The standard InChI is InChI=1S/C18H13N5O2/c1-12-15(10-20-23(12)16-4-2-3-9-19-16)18-21-17(22-25-18)14-7-5-13(11-24)6-8-14/h2-11H,1H3. The summed E-state index contributed by atoms with van der Waals surface area (Å²) in [5, 5.41) is 8.37. The average Bonchev–Trinajstić information content (AvgIpc) is 3.29. The number of rotatable bonds is 4. The van der Waals surface area contributed by atoms with Crippen molar-refractivity contribution in [3.05, 3.63) is 66.1 Å². The summed E-state index contributed by atoms with van der Waals surface area (Å²) in [4.78, 5) is 19.5. The van der Waals surface area contributed by atoms with Crippen LogP contribution in [0.2, 0.25) is 0 Å². The molecule has 4 aromatic rings. The first kappa shape index (κ1) is 14.9. The highest BCUT2D eigenvalue weighted by Gasteiger charge is 2.17. The van der Waals surface area contributed by atoms with E-state index in [2.05, 4.69) is 20.2 Å². The first-order chi connectivity index (χ1) is 12.3. The van der Waals surface area contributed by atoms with Crippen molar-refractivity contribution in [1.29, 1.82) is 0 Å². The topological polar surface area (TPSA) is 86.7 Å². The number of carbonyl (C=O) groups is 1. The Labute approximate surface area is 143 Å². The van der Waals surface area contributed by atoms with Crippen molar-refractivity contribution in [3.63, 3.8) is 0 Å². The zero-order valence-corrected chi connectivity index (χ0v) is 13.3. The molecule has 0 aliphatic rings. The quantitative estimate of drug-likeness (QED) is 0.534. The highest BCUT2D eigenvalue weighted by Crippen LogP contribution is 2.25. The summed E-state index contributed by atoms with van der Waals surface area (Å²) in [6.07, 6.45) is 4.18. The summed E-state index contributed by atoms with van der Waals surface area (Å²) in [6, 6.07) is 12.6. The van der Waals surface area contributed by atoms with Gasteiger partial charge in [-0.3, -0.25) is 4.79 Å². The lowest BCUT2D eigenvalue weighted by Crippen LogP contribution is -2.00. The predicted octanol–water partition coefficient (Wildman–Crippen LogP) is 3.11. The molecule has 25 heavy (non-hydrogen) atoms. The SMILES string of the molecule is Cc1c(-c2nc(-c3ccc(C=O)cc3)no2)cnn1-c1ccccn1. The molecule has 0 saturated heterocycles. The van der Waals surface area contributed by atoms with Gasteiger partial charge in [-0.05, 0) is 19.1 Å². The van der Waals surface area contributed by atoms with Crippen LogP contribution in [0, 0.1) is 6.92 Å². The van der Waals surface area contributed by atoms with Crippen LogP contribution < -0.4 is 0 Å². The first-order valence-corrected chi connectivity index (χ1v) is 7.62. The fourth-order valence-corrected chi connectivity index (χ4v) is 2.49. The number of nitrogens with zero attached hydrogens (tertiary/aromatic N) is 5. The molecule has 7 nitrogen and oxygen atoms in total. The van der Waals surface area contributed by atoms with Gasteiger partial charge in [0.15, 0.2) is 5.82 Å². The van der Waals surface area contributed by atoms with Crippen LogP contribution in [0.5, 0.6) is 0 Å². The van der Waals surface area contributed by atoms with Crippen LogP contribution in [0.1, 0.15) is 16.1 Å². The number of pyridine rings is 1. The van der Waals surface area contributed by atoms with Crippen LogP contribution in [-0.2, 0) is 0 Å². The summed E-state index contributed by atoms with van der Waals surface area (Å²) >= 11 is 0. The molecule has 7 heteroatoms. The Hall–Kier alpha value is -3.61. The van der Waals surface area contributed by atoms with E-state index in [1.807, 2.05) is 25.1 Å². The van der Waals surface area contributed by atoms with Crippen LogP contribution in [0.3, 0.4) is 0 Å². The van der Waals surface area contributed by atoms with Crippen LogP contribution >= 0.6 is 0 Å². The molecule has 1 aromatic carbocycles. The minimum absolute atomic E-state index is 0.383. The summed E-state index contributed by atoms with van der Waals surface area (Å²) in [5.74, 6) is 1.56. The molecule has 0 unspecified atom stereocenters. The molecule has 3 heterocycles. The number of aromatic nitrogens is 5. The van der Waals surface area contributed by atoms with Crippen molar-refractivity contribution < 1.29 is 9.32 Å². The Bertz CT molecular complexity index is 1020. The Morgan fingerprint density at radius 2 is 1.96 bits per heavy atom. The average molecular weight is 331 g/mol. The summed E-state index contributed by atoms with van der Waals surface area (Å²) in [7, 11) is 0. The molecule has 122 valence electrons. The van der Waals surface area contributed by atoms with Crippen molar-refractivity contribution >= 4 is 6.29 Å². The molecule has 0 atom stereocenters. The molecule has 0 aliphatic carbocycles. The maximum atomic E-state index is 10.7. The molecule has 0 radical (unpaired) electrons. The summed E-state index contributed by atoms with van der Waals surface area (Å²) in [6.45, 7) is 1.92. The lowest BCUT2D eigenvalue weighted by molar-refractivity contribution is 0.112. The zero-order chi connectivity index (χ0) is 17.2. The van der Waals surface area contributed by atoms with Gasteiger partial charge >= 0.3 is 0 Å². The molecular formula is C18H13N5O2. The Balaban J connectivity index is 1.68. The van der Waals surface area contributed by atoms with Gasteiger partial charge < -0.3 is 4.52 Å². The summed E-state index contributed by atoms with van der Waals surface area (Å²) < 4.78 is 7.11. The minimum Gasteiger partial charge on any atom is -0.333 e. The Morgan fingerprint density at radius 1 is 1.12 bits per heavy atom. The number of benzene rings is 1. The van der Waals surface area contributed by atoms with Crippen molar-refractivity contribution in [2.24, 2.45) is 0 Å². The van der Waals surface area contributed by atoms with Crippen molar-refractivity contribution in [2.75, 3.05) is 0 Å². The van der Waals surface area contributed by atoms with Gasteiger partial charge in [0.25, 0.3) is 5.89 Å². The second-order valence-corrected chi connectivity index (χ2v) is 5.41. The van der Waals surface area contributed by atoms with Gasteiger partial charge in [0.1, 0.15) is 6.29 Å². The molecule has 0 bridgehead atoms. The van der Waals surface area contributed by atoms with E-state index < -0.39 is 0 Å². The van der Waals surface area contributed by atoms with Gasteiger partial charge in [-0.2, -0.15) is 10.1 Å². The van der Waals surface area contributed by atoms with Gasteiger partial charge in [-0.15, -0.1) is 0 Å². The molecule has 0 amide bonds. The number of aldehydes is 1. The van der Waals surface area contributed by atoms with Crippen LogP contribution in [0.15, 0.2) is 59.4 Å². The normalized spacial score (nSPS) is 10.8. The third-order valence-corrected chi connectivity index (χ3v) is 3.84. The van der Waals surface area contributed by atoms with Gasteiger partial charge in [0, 0.05) is 17.3 Å². The Morgan fingerprint density at radius 3 is 2.68 bits per heavy atom. The van der Waals surface area contributed by atoms with E-state index >= 15 is 0 Å². The molecule has 0 saturated carbocycles. The van der Waals surface area contributed by atoms with Crippen LogP contribution in [0.25, 0.3) is 28.7 Å². The van der Waals surface area contributed by atoms with Crippen molar-refractivity contribution in [3.8, 4) is 28.7 Å². The van der Waals surface area contributed by atoms with Crippen LogP contribution in [-0.4, -0.2) is 31.2 Å². The molecule has 0 spiro atoms. The highest BCUT2D eigenvalue weighted by molar-refractivity contribution is 5.76. The zero-order valence-electron chi connectivity index (χ0n) is 13.3. The second kappa shape index (κ2) is 6.12. The smallest absolute Gasteiger partial charge is 0.261 e. The van der Waals surface area contributed by atoms with E-state index in [4.69, 9.17) is 4.52 Å². The van der Waals surface area contributed by atoms with E-state index in [1.165, 1.54) is 0 Å². The fourth-order valence-electron chi connectivity index (χ4n) is 2.49. The van der Waals surface area contributed by atoms with Gasteiger partial charge in [-0.1, -0.05) is 35.5 Å². The maximum absolute atomic E-state index is 10.7. The number of carbonyl (C=O) groups excluding carboxylic acids is 1. The van der Waals surface area contributed by atoms with Gasteiger partial charge in [-0.25, -0.2) is 9.67 Å². The maximum Gasteiger partial charge on any atom is 0.261 e. The van der Waals surface area contributed by atoms with E-state index in [0.717, 1.165) is 28.9 Å². The highest BCUT2D eigenvalue weighted by atomic mass is 16.5. The molecular weight excluding hydrogens is 318 g/mol. The van der Waals surface area contributed by atoms with Crippen molar-refractivity contribution in [1.82, 2.24) is 24.9 Å². The Kier molecular flexibility index (Phi) is 3.66. The lowest BCUT2D eigenvalue weighted by Gasteiger charge is -2.02. The molecule has 0 N–H and O–H groups in total. The van der Waals surface area contributed by atoms with Crippen LogP contribution in [0.4, 0.5) is 0 Å². The fraction of sp³-hybridized carbons (Fsp3) is 0.0556. The minimum atomic E-state index is 0.383. The second-order valence-electron chi connectivity index (χ2n) is 5.41. The number of hydrogen-bond acceptors (Lipinski definition) is 6. The predicted molar refractivity (Wildman–Crippen MR) is 90.2 cm³/mol. The molecule has 4 rings (SSSR count). The third kappa shape index (κ3) is 2.72. The third-order valence-electron chi connectivity index (χ3n) is 3.84. The van der Waals surface area contributed by atoms with Crippen molar-refractivity contribution in [2.45, 2.75) is 6.92 Å². The molecule has 3 aromatic heterocycles. The monoisotopic (exact) mass is 331 g/mol.